The average molecular weight is 221 g/mol. The smallest absolute Gasteiger partial charge is 0.182 e. The topological polar surface area (TPSA) is 47.8 Å². The van der Waals surface area contributed by atoms with Crippen LogP contribution < -0.4 is 0 Å². The van der Waals surface area contributed by atoms with Gasteiger partial charge in [0, 0.05) is 30.7 Å². The van der Waals surface area contributed by atoms with E-state index in [2.05, 4.69) is 10.1 Å². The molecule has 0 radical (unpaired) electrons. The van der Waals surface area contributed by atoms with Crippen LogP contribution in [0.1, 0.15) is 22.6 Å². The number of Topliss-reactive ketones (excluding diaryl/α,β-unsaturated/α-hetero) is 1. The Morgan fingerprint density at radius 2 is 2.47 bits per heavy atom. The molecule has 0 atom stereocenters. The summed E-state index contributed by atoms with van der Waals surface area (Å²) in [6.07, 6.45) is 2.94. The Bertz CT molecular complexity index is 447. The van der Waals surface area contributed by atoms with Crippen molar-refractivity contribution in [2.45, 2.75) is 12.8 Å². The summed E-state index contributed by atoms with van der Waals surface area (Å²) in [6.45, 7) is 0. The van der Waals surface area contributed by atoms with Crippen molar-refractivity contribution in [3.63, 3.8) is 0 Å². The van der Waals surface area contributed by atoms with Crippen LogP contribution in [0.4, 0.5) is 0 Å². The summed E-state index contributed by atoms with van der Waals surface area (Å²) in [5.74, 6) is 0.0949. The summed E-state index contributed by atoms with van der Waals surface area (Å²) in [5, 5.41) is 5.83. The zero-order valence-corrected chi connectivity index (χ0v) is 9.20. The minimum Gasteiger partial charge on any atom is -0.292 e. The van der Waals surface area contributed by atoms with Gasteiger partial charge < -0.3 is 0 Å². The van der Waals surface area contributed by atoms with Crippen LogP contribution in [0.5, 0.6) is 0 Å². The molecule has 2 heterocycles. The van der Waals surface area contributed by atoms with Gasteiger partial charge in [0.25, 0.3) is 0 Å². The highest BCUT2D eigenvalue weighted by Crippen LogP contribution is 2.08. The van der Waals surface area contributed by atoms with Crippen molar-refractivity contribution in [3.8, 4) is 0 Å². The van der Waals surface area contributed by atoms with Crippen LogP contribution in [0, 0.1) is 0 Å². The molecular formula is C10H11N3OS. The number of nitrogens with zero attached hydrogens (tertiary/aromatic N) is 3. The van der Waals surface area contributed by atoms with Crippen molar-refractivity contribution in [2.75, 3.05) is 0 Å². The standard InChI is InChI=1S/C10H11N3OS/c1-13-8(4-5-12-13)2-3-10(14)9-6-15-7-11-9/h4-7H,2-3H2,1H3. The molecule has 0 bridgehead atoms. The zero-order valence-electron chi connectivity index (χ0n) is 8.38. The van der Waals surface area contributed by atoms with Gasteiger partial charge in [0.05, 0.1) is 5.51 Å². The molecule has 0 fully saturated rings. The lowest BCUT2D eigenvalue weighted by atomic mass is 10.1. The molecule has 2 aromatic rings. The highest BCUT2D eigenvalue weighted by molar-refractivity contribution is 7.07. The van der Waals surface area contributed by atoms with E-state index in [1.54, 1.807) is 21.8 Å². The second kappa shape index (κ2) is 4.35. The van der Waals surface area contributed by atoms with Gasteiger partial charge in [-0.25, -0.2) is 4.98 Å². The van der Waals surface area contributed by atoms with Gasteiger partial charge in [-0.3, -0.25) is 9.48 Å². The number of aromatic nitrogens is 3. The first-order valence-corrected chi connectivity index (χ1v) is 5.60. The lowest BCUT2D eigenvalue weighted by Gasteiger charge is -1.99. The van der Waals surface area contributed by atoms with E-state index in [-0.39, 0.29) is 5.78 Å². The fourth-order valence-corrected chi connectivity index (χ4v) is 1.92. The summed E-state index contributed by atoms with van der Waals surface area (Å²) in [7, 11) is 1.88. The molecule has 0 aliphatic heterocycles. The van der Waals surface area contributed by atoms with Gasteiger partial charge in [0.2, 0.25) is 0 Å². The number of hydrogen-bond acceptors (Lipinski definition) is 4. The van der Waals surface area contributed by atoms with Crippen LogP contribution in [-0.2, 0) is 13.5 Å². The minimum atomic E-state index is 0.0949. The van der Waals surface area contributed by atoms with Crippen molar-refractivity contribution in [1.29, 1.82) is 0 Å². The Labute approximate surface area is 91.6 Å². The molecule has 0 aliphatic carbocycles. The molecule has 78 valence electrons. The van der Waals surface area contributed by atoms with Gasteiger partial charge >= 0.3 is 0 Å². The lowest BCUT2D eigenvalue weighted by molar-refractivity contribution is 0.0978. The third kappa shape index (κ3) is 2.30. The molecule has 0 aliphatic rings. The summed E-state index contributed by atoms with van der Waals surface area (Å²) in [5.41, 5.74) is 3.32. The van der Waals surface area contributed by atoms with Gasteiger partial charge in [-0.1, -0.05) is 0 Å². The summed E-state index contributed by atoms with van der Waals surface area (Å²) >= 11 is 1.44. The Balaban J connectivity index is 1.95. The number of rotatable bonds is 4. The molecule has 2 rings (SSSR count). The fraction of sp³-hybridized carbons (Fsp3) is 0.300. The summed E-state index contributed by atoms with van der Waals surface area (Å²) < 4.78 is 1.79. The quantitative estimate of drug-likeness (QED) is 0.738. The number of hydrogen-bond donors (Lipinski definition) is 0. The van der Waals surface area contributed by atoms with Crippen LogP contribution in [-0.4, -0.2) is 20.5 Å². The summed E-state index contributed by atoms with van der Waals surface area (Å²) in [6, 6.07) is 1.92. The van der Waals surface area contributed by atoms with Crippen LogP contribution in [0.15, 0.2) is 23.2 Å². The first-order valence-electron chi connectivity index (χ1n) is 4.65. The minimum absolute atomic E-state index is 0.0949. The number of ketones is 1. The third-order valence-electron chi connectivity index (χ3n) is 2.25. The van der Waals surface area contributed by atoms with Crippen molar-refractivity contribution < 1.29 is 4.79 Å². The second-order valence-corrected chi connectivity index (χ2v) is 3.96. The van der Waals surface area contributed by atoms with E-state index in [1.165, 1.54) is 11.3 Å². The first-order chi connectivity index (χ1) is 7.27. The average Bonchev–Trinajstić information content (AvgIpc) is 2.85. The molecule has 0 amide bonds. The van der Waals surface area contributed by atoms with Crippen molar-refractivity contribution in [1.82, 2.24) is 14.8 Å². The Morgan fingerprint density at radius 1 is 1.60 bits per heavy atom. The maximum Gasteiger partial charge on any atom is 0.182 e. The van der Waals surface area contributed by atoms with Crippen LogP contribution in [0.25, 0.3) is 0 Å². The van der Waals surface area contributed by atoms with Crippen LogP contribution in [0.3, 0.4) is 0 Å². The monoisotopic (exact) mass is 221 g/mol. The molecule has 5 heteroatoms. The first kappa shape index (κ1) is 10.0. The highest BCUT2D eigenvalue weighted by Gasteiger charge is 2.08. The molecule has 0 saturated carbocycles. The molecule has 2 aromatic heterocycles. The molecule has 0 saturated heterocycles. The van der Waals surface area contributed by atoms with E-state index in [0.717, 1.165) is 5.69 Å². The van der Waals surface area contributed by atoms with Gasteiger partial charge in [-0.2, -0.15) is 5.10 Å². The van der Waals surface area contributed by atoms with E-state index in [1.807, 2.05) is 13.1 Å². The largest absolute Gasteiger partial charge is 0.292 e. The van der Waals surface area contributed by atoms with Gasteiger partial charge in [0.1, 0.15) is 5.69 Å². The molecule has 0 aromatic carbocycles. The van der Waals surface area contributed by atoms with Gasteiger partial charge in [0.15, 0.2) is 5.78 Å². The number of carbonyl (C=O) groups excluding carboxylic acids is 1. The number of thiazole rings is 1. The summed E-state index contributed by atoms with van der Waals surface area (Å²) in [4.78, 5) is 15.6. The van der Waals surface area contributed by atoms with E-state index < -0.39 is 0 Å². The number of aryl methyl sites for hydroxylation is 2. The van der Waals surface area contributed by atoms with E-state index in [9.17, 15) is 4.79 Å². The maximum atomic E-state index is 11.6. The molecular weight excluding hydrogens is 210 g/mol. The second-order valence-electron chi connectivity index (χ2n) is 3.24. The SMILES string of the molecule is Cn1nccc1CCC(=O)c1cscn1. The Hall–Kier alpha value is -1.49. The Morgan fingerprint density at radius 3 is 3.07 bits per heavy atom. The van der Waals surface area contributed by atoms with Crippen LogP contribution in [0.2, 0.25) is 0 Å². The number of carbonyl (C=O) groups is 1. The van der Waals surface area contributed by atoms with E-state index >= 15 is 0 Å². The van der Waals surface area contributed by atoms with Crippen molar-refractivity contribution in [2.24, 2.45) is 7.05 Å². The maximum absolute atomic E-state index is 11.6. The lowest BCUT2D eigenvalue weighted by Crippen LogP contribution is -2.04. The molecule has 4 nitrogen and oxygen atoms in total. The van der Waals surface area contributed by atoms with Gasteiger partial charge in [-0.15, -0.1) is 11.3 Å². The Kier molecular flexibility index (Phi) is 2.91. The molecule has 15 heavy (non-hydrogen) atoms. The predicted octanol–water partition coefficient (Wildman–Crippen LogP) is 1.69. The van der Waals surface area contributed by atoms with E-state index in [0.29, 0.717) is 18.5 Å². The highest BCUT2D eigenvalue weighted by atomic mass is 32.1. The molecule has 0 N–H and O–H groups in total. The van der Waals surface area contributed by atoms with Crippen LogP contribution >= 0.6 is 11.3 Å². The van der Waals surface area contributed by atoms with Crippen molar-refractivity contribution >= 4 is 17.1 Å². The fourth-order valence-electron chi connectivity index (χ4n) is 1.37. The molecule has 0 unspecified atom stereocenters. The van der Waals surface area contributed by atoms with Crippen molar-refractivity contribution in [3.05, 3.63) is 34.5 Å². The zero-order chi connectivity index (χ0) is 10.7. The van der Waals surface area contributed by atoms with Gasteiger partial charge in [-0.05, 0) is 12.5 Å². The normalized spacial score (nSPS) is 10.5. The van der Waals surface area contributed by atoms with E-state index in [4.69, 9.17) is 0 Å². The third-order valence-corrected chi connectivity index (χ3v) is 2.84. The molecule has 0 spiro atoms. The predicted molar refractivity (Wildman–Crippen MR) is 58.0 cm³/mol.